The average molecular weight is 324 g/mol. The van der Waals surface area contributed by atoms with Crippen LogP contribution in [0.15, 0.2) is 10.9 Å². The molecule has 0 spiro atoms. The minimum absolute atomic E-state index is 0.00158. The van der Waals surface area contributed by atoms with Gasteiger partial charge in [0.05, 0.1) is 5.51 Å². The maximum atomic E-state index is 12.4. The molecule has 6 heteroatoms. The average Bonchev–Trinajstić information content (AvgIpc) is 2.84. The lowest BCUT2D eigenvalue weighted by atomic mass is 10.0. The zero-order valence-corrected chi connectivity index (χ0v) is 14.3. The van der Waals surface area contributed by atoms with Gasteiger partial charge in [0.25, 0.3) is 0 Å². The van der Waals surface area contributed by atoms with E-state index in [2.05, 4.69) is 4.98 Å². The molecule has 1 fully saturated rings. The highest BCUT2D eigenvalue weighted by atomic mass is 32.1. The number of ether oxygens (including phenoxy) is 1. The third-order valence-electron chi connectivity index (χ3n) is 3.64. The number of rotatable bonds is 3. The Morgan fingerprint density at radius 2 is 2.14 bits per heavy atom. The highest BCUT2D eigenvalue weighted by molar-refractivity contribution is 7.07. The summed E-state index contributed by atoms with van der Waals surface area (Å²) < 4.78 is 5.50. The van der Waals surface area contributed by atoms with Crippen LogP contribution < -0.4 is 0 Å². The Hall–Kier alpha value is -1.43. The van der Waals surface area contributed by atoms with Crippen LogP contribution in [0.3, 0.4) is 0 Å². The van der Waals surface area contributed by atoms with Gasteiger partial charge in [-0.25, -0.2) is 9.78 Å². The molecule has 1 aromatic heterocycles. The number of likely N-dealkylation sites (tertiary alicyclic amines) is 1. The minimum atomic E-state index is -0.521. The molecule has 1 aromatic rings. The molecule has 1 aliphatic rings. The predicted molar refractivity (Wildman–Crippen MR) is 86.3 cm³/mol. The second kappa shape index (κ2) is 7.22. The maximum absolute atomic E-state index is 12.4. The number of nitrogens with zero attached hydrogens (tertiary/aromatic N) is 2. The number of amides is 1. The van der Waals surface area contributed by atoms with Crippen LogP contribution in [0, 0.1) is 0 Å². The second-order valence-electron chi connectivity index (χ2n) is 6.68. The molecular weight excluding hydrogens is 300 g/mol. The Morgan fingerprint density at radius 3 is 2.77 bits per heavy atom. The van der Waals surface area contributed by atoms with E-state index in [0.29, 0.717) is 18.7 Å². The maximum Gasteiger partial charge on any atom is 0.410 e. The van der Waals surface area contributed by atoms with E-state index >= 15 is 0 Å². The van der Waals surface area contributed by atoms with Crippen molar-refractivity contribution in [3.05, 3.63) is 16.6 Å². The van der Waals surface area contributed by atoms with Gasteiger partial charge in [-0.2, -0.15) is 0 Å². The summed E-state index contributed by atoms with van der Waals surface area (Å²) in [5.41, 5.74) is 1.64. The first kappa shape index (κ1) is 16.9. The fourth-order valence-electron chi connectivity index (χ4n) is 2.62. The molecule has 2 heterocycles. The molecule has 1 atom stereocenters. The monoisotopic (exact) mass is 324 g/mol. The molecule has 1 unspecified atom stereocenters. The highest BCUT2D eigenvalue weighted by Crippen LogP contribution is 2.23. The van der Waals surface area contributed by atoms with Crippen LogP contribution in [0.2, 0.25) is 0 Å². The standard InChI is InChI=1S/C16H24N2O3S/c1-16(2,3)21-15(20)18-8-6-4-5-7-12(18)9-14(19)13-10-22-11-17-13/h10-12H,4-9H2,1-3H3. The summed E-state index contributed by atoms with van der Waals surface area (Å²) >= 11 is 1.41. The van der Waals surface area contributed by atoms with Crippen LogP contribution in [0.1, 0.15) is 63.4 Å². The lowest BCUT2D eigenvalue weighted by Crippen LogP contribution is -2.44. The highest BCUT2D eigenvalue weighted by Gasteiger charge is 2.31. The quantitative estimate of drug-likeness (QED) is 0.791. The van der Waals surface area contributed by atoms with Crippen LogP contribution in [0.25, 0.3) is 0 Å². The summed E-state index contributed by atoms with van der Waals surface area (Å²) in [7, 11) is 0. The molecule has 0 N–H and O–H groups in total. The predicted octanol–water partition coefficient (Wildman–Crippen LogP) is 3.90. The fourth-order valence-corrected chi connectivity index (χ4v) is 3.18. The van der Waals surface area contributed by atoms with Crippen molar-refractivity contribution in [2.75, 3.05) is 6.54 Å². The Kier molecular flexibility index (Phi) is 5.56. The number of carbonyl (C=O) groups is 2. The molecule has 1 aliphatic heterocycles. The first-order valence-electron chi connectivity index (χ1n) is 7.78. The van der Waals surface area contributed by atoms with E-state index < -0.39 is 5.60 Å². The summed E-state index contributed by atoms with van der Waals surface area (Å²) in [5.74, 6) is 0.00158. The zero-order valence-electron chi connectivity index (χ0n) is 13.5. The van der Waals surface area contributed by atoms with E-state index in [0.717, 1.165) is 25.7 Å². The van der Waals surface area contributed by atoms with E-state index in [4.69, 9.17) is 4.74 Å². The number of aromatic nitrogens is 1. The fraction of sp³-hybridized carbons (Fsp3) is 0.688. The van der Waals surface area contributed by atoms with E-state index in [1.54, 1.807) is 15.8 Å². The Labute approximate surface area is 135 Å². The van der Waals surface area contributed by atoms with Gasteiger partial charge in [-0.1, -0.05) is 12.8 Å². The molecule has 2 rings (SSSR count). The molecule has 1 amide bonds. The van der Waals surface area contributed by atoms with Gasteiger partial charge in [0.2, 0.25) is 0 Å². The van der Waals surface area contributed by atoms with Gasteiger partial charge >= 0.3 is 6.09 Å². The van der Waals surface area contributed by atoms with Crippen molar-refractivity contribution < 1.29 is 14.3 Å². The molecule has 0 saturated carbocycles. The number of ketones is 1. The number of carbonyl (C=O) groups excluding carboxylic acids is 2. The van der Waals surface area contributed by atoms with Crippen LogP contribution in [-0.2, 0) is 4.74 Å². The summed E-state index contributed by atoms with van der Waals surface area (Å²) in [6, 6.07) is -0.0912. The summed E-state index contributed by atoms with van der Waals surface area (Å²) in [4.78, 5) is 30.5. The van der Waals surface area contributed by atoms with Gasteiger partial charge in [0.15, 0.2) is 5.78 Å². The van der Waals surface area contributed by atoms with Gasteiger partial charge in [-0.3, -0.25) is 4.79 Å². The second-order valence-corrected chi connectivity index (χ2v) is 7.40. The molecule has 0 aliphatic carbocycles. The van der Waals surface area contributed by atoms with Crippen molar-refractivity contribution in [1.82, 2.24) is 9.88 Å². The van der Waals surface area contributed by atoms with Crippen molar-refractivity contribution in [2.24, 2.45) is 0 Å². The number of hydrogen-bond acceptors (Lipinski definition) is 5. The molecule has 5 nitrogen and oxygen atoms in total. The zero-order chi connectivity index (χ0) is 16.2. The minimum Gasteiger partial charge on any atom is -0.444 e. The third-order valence-corrected chi connectivity index (χ3v) is 4.23. The van der Waals surface area contributed by atoms with Gasteiger partial charge in [-0.15, -0.1) is 11.3 Å². The molecule has 0 aromatic carbocycles. The van der Waals surface area contributed by atoms with E-state index in [1.165, 1.54) is 11.3 Å². The lowest BCUT2D eigenvalue weighted by Gasteiger charge is -2.32. The first-order valence-corrected chi connectivity index (χ1v) is 8.72. The van der Waals surface area contributed by atoms with Crippen molar-refractivity contribution >= 4 is 23.2 Å². The number of thiazole rings is 1. The van der Waals surface area contributed by atoms with E-state index in [9.17, 15) is 9.59 Å². The normalized spacial score (nSPS) is 19.6. The lowest BCUT2D eigenvalue weighted by molar-refractivity contribution is 0.0162. The summed E-state index contributed by atoms with van der Waals surface area (Å²) in [6.45, 7) is 6.23. The van der Waals surface area contributed by atoms with Crippen molar-refractivity contribution in [1.29, 1.82) is 0 Å². The molecular formula is C16H24N2O3S. The van der Waals surface area contributed by atoms with E-state index in [-0.39, 0.29) is 17.9 Å². The van der Waals surface area contributed by atoms with Crippen molar-refractivity contribution in [3.63, 3.8) is 0 Å². The van der Waals surface area contributed by atoms with Gasteiger partial charge < -0.3 is 9.64 Å². The largest absolute Gasteiger partial charge is 0.444 e. The van der Waals surface area contributed by atoms with Crippen molar-refractivity contribution in [2.45, 2.75) is 64.5 Å². The van der Waals surface area contributed by atoms with Crippen LogP contribution in [0.5, 0.6) is 0 Å². The van der Waals surface area contributed by atoms with Crippen molar-refractivity contribution in [3.8, 4) is 0 Å². The molecule has 0 radical (unpaired) electrons. The van der Waals surface area contributed by atoms with Crippen LogP contribution >= 0.6 is 11.3 Å². The molecule has 122 valence electrons. The SMILES string of the molecule is CC(C)(C)OC(=O)N1CCCCCC1CC(=O)c1cscn1. The van der Waals surface area contributed by atoms with E-state index in [1.807, 2.05) is 20.8 Å². The summed E-state index contributed by atoms with van der Waals surface area (Å²) in [6.07, 6.45) is 3.93. The molecule has 22 heavy (non-hydrogen) atoms. The Balaban J connectivity index is 2.07. The molecule has 0 bridgehead atoms. The van der Waals surface area contributed by atoms with Gasteiger partial charge in [-0.05, 0) is 33.6 Å². The summed E-state index contributed by atoms with van der Waals surface area (Å²) in [5, 5.41) is 1.76. The van der Waals surface area contributed by atoms with Crippen LogP contribution in [0.4, 0.5) is 4.79 Å². The number of Topliss-reactive ketones (excluding diaryl/α,β-unsaturated/α-hetero) is 1. The molecule has 1 saturated heterocycles. The van der Waals surface area contributed by atoms with Crippen LogP contribution in [-0.4, -0.2) is 39.9 Å². The Bertz CT molecular complexity index is 508. The third kappa shape index (κ3) is 4.80. The first-order chi connectivity index (χ1) is 10.4. The number of hydrogen-bond donors (Lipinski definition) is 0. The van der Waals surface area contributed by atoms with Gasteiger partial charge in [0, 0.05) is 24.4 Å². The Morgan fingerprint density at radius 1 is 1.36 bits per heavy atom. The topological polar surface area (TPSA) is 59.5 Å². The van der Waals surface area contributed by atoms with Gasteiger partial charge in [0.1, 0.15) is 11.3 Å². The smallest absolute Gasteiger partial charge is 0.410 e.